The average Bonchev–Trinajstić information content (AvgIpc) is 2.89. The Hall–Kier alpha value is -0.610. The predicted octanol–water partition coefficient (Wildman–Crippen LogP) is 0.871. The van der Waals surface area contributed by atoms with Crippen LogP contribution in [0, 0.1) is 11.8 Å². The van der Waals surface area contributed by atoms with Crippen molar-refractivity contribution in [1.29, 1.82) is 0 Å². The molecule has 0 saturated carbocycles. The van der Waals surface area contributed by atoms with E-state index >= 15 is 0 Å². The number of likely N-dealkylation sites (tertiary alicyclic amines) is 1. The third-order valence-corrected chi connectivity index (χ3v) is 3.80. The Morgan fingerprint density at radius 3 is 3.06 bits per heavy atom. The van der Waals surface area contributed by atoms with Crippen LogP contribution in [0.1, 0.15) is 26.2 Å². The maximum Gasteiger partial charge on any atom is 0.227 e. The summed E-state index contributed by atoms with van der Waals surface area (Å²) in [6.45, 7) is 7.31. The van der Waals surface area contributed by atoms with Gasteiger partial charge in [0.1, 0.15) is 0 Å². The number of rotatable bonds is 4. The molecule has 2 atom stereocenters. The van der Waals surface area contributed by atoms with Crippen LogP contribution in [0.2, 0.25) is 0 Å². The van der Waals surface area contributed by atoms with Gasteiger partial charge in [-0.1, -0.05) is 0 Å². The molecule has 2 saturated heterocycles. The normalized spacial score (nSPS) is 29.6. The van der Waals surface area contributed by atoms with E-state index < -0.39 is 0 Å². The highest BCUT2D eigenvalue weighted by Crippen LogP contribution is 2.20. The van der Waals surface area contributed by atoms with Crippen LogP contribution in [0.25, 0.3) is 0 Å². The van der Waals surface area contributed by atoms with E-state index in [1.165, 1.54) is 6.42 Å². The minimum Gasteiger partial charge on any atom is -0.381 e. The zero-order valence-electron chi connectivity index (χ0n) is 10.8. The van der Waals surface area contributed by atoms with Gasteiger partial charge in [-0.2, -0.15) is 0 Å². The monoisotopic (exact) mass is 240 g/mol. The summed E-state index contributed by atoms with van der Waals surface area (Å²) in [4.78, 5) is 14.3. The van der Waals surface area contributed by atoms with E-state index in [-0.39, 0.29) is 5.92 Å². The van der Waals surface area contributed by atoms with Crippen molar-refractivity contribution in [2.24, 2.45) is 11.8 Å². The van der Waals surface area contributed by atoms with Crippen LogP contribution in [0.4, 0.5) is 0 Å². The average molecular weight is 240 g/mol. The highest BCUT2D eigenvalue weighted by Gasteiger charge is 2.30. The van der Waals surface area contributed by atoms with Crippen molar-refractivity contribution in [2.45, 2.75) is 26.2 Å². The number of nitrogens with one attached hydrogen (secondary N) is 1. The smallest absolute Gasteiger partial charge is 0.227 e. The molecule has 0 aromatic heterocycles. The lowest BCUT2D eigenvalue weighted by Crippen LogP contribution is -2.44. The van der Waals surface area contributed by atoms with E-state index in [1.807, 2.05) is 6.92 Å². The number of hydrogen-bond donors (Lipinski definition) is 1. The van der Waals surface area contributed by atoms with Crippen LogP contribution in [0.15, 0.2) is 0 Å². The maximum atomic E-state index is 12.3. The molecule has 98 valence electrons. The Morgan fingerprint density at radius 1 is 1.47 bits per heavy atom. The summed E-state index contributed by atoms with van der Waals surface area (Å²) in [5, 5.41) is 3.27. The van der Waals surface area contributed by atoms with Gasteiger partial charge in [-0.15, -0.1) is 0 Å². The predicted molar refractivity (Wildman–Crippen MR) is 66.8 cm³/mol. The summed E-state index contributed by atoms with van der Waals surface area (Å²) in [6.07, 6.45) is 3.34. The lowest BCUT2D eigenvalue weighted by atomic mass is 9.97. The van der Waals surface area contributed by atoms with Crippen molar-refractivity contribution in [1.82, 2.24) is 10.2 Å². The number of amides is 1. The van der Waals surface area contributed by atoms with Crippen LogP contribution in [0.5, 0.6) is 0 Å². The van der Waals surface area contributed by atoms with Gasteiger partial charge in [0.25, 0.3) is 0 Å². The molecule has 0 unspecified atom stereocenters. The van der Waals surface area contributed by atoms with Crippen molar-refractivity contribution in [2.75, 3.05) is 39.4 Å². The van der Waals surface area contributed by atoms with Crippen LogP contribution < -0.4 is 5.32 Å². The summed E-state index contributed by atoms with van der Waals surface area (Å²) in [6, 6.07) is 0. The summed E-state index contributed by atoms with van der Waals surface area (Å²) < 4.78 is 5.48. The molecule has 2 fully saturated rings. The largest absolute Gasteiger partial charge is 0.381 e. The second-order valence-corrected chi connectivity index (χ2v) is 5.14. The topological polar surface area (TPSA) is 41.6 Å². The van der Waals surface area contributed by atoms with E-state index in [2.05, 4.69) is 10.2 Å². The molecule has 0 bridgehead atoms. The first-order valence-corrected chi connectivity index (χ1v) is 6.88. The van der Waals surface area contributed by atoms with Gasteiger partial charge in [0.05, 0.1) is 12.5 Å². The maximum absolute atomic E-state index is 12.3. The summed E-state index contributed by atoms with van der Waals surface area (Å²) in [5.41, 5.74) is 0. The number of nitrogens with zero attached hydrogens (tertiary/aromatic N) is 1. The fraction of sp³-hybridized carbons (Fsp3) is 0.923. The van der Waals surface area contributed by atoms with Gasteiger partial charge in [-0.3, -0.25) is 4.79 Å². The number of carbonyl (C=O) groups excluding carboxylic acids is 1. The third-order valence-electron chi connectivity index (χ3n) is 3.80. The van der Waals surface area contributed by atoms with Gasteiger partial charge in [0.2, 0.25) is 5.91 Å². The lowest BCUT2D eigenvalue weighted by Gasteiger charge is -2.34. The van der Waals surface area contributed by atoms with Gasteiger partial charge in [-0.05, 0) is 38.6 Å². The van der Waals surface area contributed by atoms with E-state index in [1.54, 1.807) is 0 Å². The summed E-state index contributed by atoms with van der Waals surface area (Å²) in [7, 11) is 0. The molecule has 2 heterocycles. The second kappa shape index (κ2) is 6.36. The number of carbonyl (C=O) groups is 1. The molecule has 0 radical (unpaired) electrons. The minimum absolute atomic E-state index is 0.223. The Labute approximate surface area is 104 Å². The van der Waals surface area contributed by atoms with Gasteiger partial charge in [0, 0.05) is 26.2 Å². The Morgan fingerprint density at radius 2 is 2.35 bits per heavy atom. The zero-order chi connectivity index (χ0) is 12.1. The van der Waals surface area contributed by atoms with Crippen molar-refractivity contribution in [3.05, 3.63) is 0 Å². The molecule has 1 N–H and O–H groups in total. The second-order valence-electron chi connectivity index (χ2n) is 5.14. The molecule has 0 aromatic rings. The molecule has 0 spiro atoms. The molecule has 1 amide bonds. The molecular formula is C13H24N2O2. The number of hydrogen-bond acceptors (Lipinski definition) is 3. The fourth-order valence-electron chi connectivity index (χ4n) is 2.81. The van der Waals surface area contributed by atoms with Crippen molar-refractivity contribution in [3.8, 4) is 0 Å². The summed E-state index contributed by atoms with van der Waals surface area (Å²) >= 11 is 0. The first kappa shape index (κ1) is 12.8. The molecule has 4 heteroatoms. The van der Waals surface area contributed by atoms with E-state index in [0.29, 0.717) is 11.8 Å². The molecule has 0 aromatic carbocycles. The van der Waals surface area contributed by atoms with E-state index in [0.717, 1.165) is 52.2 Å². The molecule has 2 aliphatic rings. The van der Waals surface area contributed by atoms with Gasteiger partial charge in [-0.25, -0.2) is 0 Å². The molecular weight excluding hydrogens is 216 g/mol. The SMILES string of the molecule is CCOC[C@H]1CCCN(C(=O)[C@@H]2CCNC2)C1. The molecule has 17 heavy (non-hydrogen) atoms. The molecule has 2 rings (SSSR count). The quantitative estimate of drug-likeness (QED) is 0.793. The molecule has 4 nitrogen and oxygen atoms in total. The minimum atomic E-state index is 0.223. The van der Waals surface area contributed by atoms with Gasteiger partial charge < -0.3 is 15.0 Å². The first-order chi connectivity index (χ1) is 8.31. The molecule has 0 aliphatic carbocycles. The molecule has 2 aliphatic heterocycles. The Kier molecular flexibility index (Phi) is 4.80. The fourth-order valence-corrected chi connectivity index (χ4v) is 2.81. The van der Waals surface area contributed by atoms with Gasteiger partial charge in [0.15, 0.2) is 0 Å². The zero-order valence-corrected chi connectivity index (χ0v) is 10.8. The van der Waals surface area contributed by atoms with Crippen molar-refractivity contribution in [3.63, 3.8) is 0 Å². The van der Waals surface area contributed by atoms with Crippen LogP contribution >= 0.6 is 0 Å². The highest BCUT2D eigenvalue weighted by atomic mass is 16.5. The van der Waals surface area contributed by atoms with E-state index in [9.17, 15) is 4.79 Å². The first-order valence-electron chi connectivity index (χ1n) is 6.88. The summed E-state index contributed by atoms with van der Waals surface area (Å²) in [5.74, 6) is 1.12. The van der Waals surface area contributed by atoms with E-state index in [4.69, 9.17) is 4.74 Å². The Balaban J connectivity index is 1.81. The van der Waals surface area contributed by atoms with Gasteiger partial charge >= 0.3 is 0 Å². The standard InChI is InChI=1S/C13H24N2O2/c1-2-17-10-11-4-3-7-15(9-11)13(16)12-5-6-14-8-12/h11-12,14H,2-10H2,1H3/t11-,12+/m0/s1. The van der Waals surface area contributed by atoms with Crippen molar-refractivity contribution < 1.29 is 9.53 Å². The number of piperidine rings is 1. The van der Waals surface area contributed by atoms with Crippen molar-refractivity contribution >= 4 is 5.91 Å². The lowest BCUT2D eigenvalue weighted by molar-refractivity contribution is -0.137. The Bertz CT molecular complexity index is 252. The van der Waals surface area contributed by atoms with Crippen LogP contribution in [-0.4, -0.2) is 50.2 Å². The highest BCUT2D eigenvalue weighted by molar-refractivity contribution is 5.79. The third kappa shape index (κ3) is 3.42. The van der Waals surface area contributed by atoms with Crippen LogP contribution in [0.3, 0.4) is 0 Å². The number of ether oxygens (including phenoxy) is 1. The van der Waals surface area contributed by atoms with Crippen LogP contribution in [-0.2, 0) is 9.53 Å².